The maximum atomic E-state index is 12.8. The van der Waals surface area contributed by atoms with E-state index in [9.17, 15) is 9.90 Å². The quantitative estimate of drug-likeness (QED) is 0.868. The molecule has 0 aliphatic carbocycles. The van der Waals surface area contributed by atoms with Crippen molar-refractivity contribution in [2.24, 2.45) is 5.92 Å². The van der Waals surface area contributed by atoms with E-state index in [0.717, 1.165) is 11.3 Å². The summed E-state index contributed by atoms with van der Waals surface area (Å²) >= 11 is 6.11. The van der Waals surface area contributed by atoms with E-state index < -0.39 is 11.7 Å². The van der Waals surface area contributed by atoms with E-state index in [1.807, 2.05) is 19.9 Å². The molecule has 1 saturated heterocycles. The Labute approximate surface area is 129 Å². The topological polar surface area (TPSA) is 49.8 Å². The Hall–Kier alpha value is -1.10. The molecule has 4 nitrogen and oxygen atoms in total. The minimum absolute atomic E-state index is 0.121. The number of ether oxygens (including phenoxy) is 1. The first-order valence-electron chi connectivity index (χ1n) is 7.29. The van der Waals surface area contributed by atoms with Gasteiger partial charge in [-0.25, -0.2) is 0 Å². The van der Waals surface area contributed by atoms with Crippen LogP contribution in [0.25, 0.3) is 0 Å². The average Bonchev–Trinajstić information content (AvgIpc) is 2.61. The molecule has 5 heteroatoms. The molecule has 3 rings (SSSR count). The molecule has 1 fully saturated rings. The van der Waals surface area contributed by atoms with Gasteiger partial charge >= 0.3 is 0 Å². The molecule has 0 unspecified atom stereocenters. The van der Waals surface area contributed by atoms with Crippen LogP contribution in [0.1, 0.15) is 32.3 Å². The van der Waals surface area contributed by atoms with E-state index in [-0.39, 0.29) is 24.3 Å². The Morgan fingerprint density at radius 1 is 1.48 bits per heavy atom. The normalized spacial score (nSPS) is 32.1. The number of hydrogen-bond donors (Lipinski definition) is 1. The summed E-state index contributed by atoms with van der Waals surface area (Å²) in [6.45, 7) is 4.08. The molecule has 1 N–H and O–H groups in total. The molecular formula is C16H20ClNO3. The summed E-state index contributed by atoms with van der Waals surface area (Å²) in [5.74, 6) is 0.113. The molecule has 3 atom stereocenters. The Balaban J connectivity index is 2.12. The lowest BCUT2D eigenvalue weighted by Gasteiger charge is -2.41. The SMILES string of the molecule is CC(C)[C@H]1C[C@H](O)C[C@@]2(O1)C(=O)N(C)c1ccc(Cl)cc12. The third-order valence-corrected chi connectivity index (χ3v) is 4.76. The fraction of sp³-hybridized carbons (Fsp3) is 0.562. The van der Waals surface area contributed by atoms with Crippen LogP contribution in [0.3, 0.4) is 0 Å². The van der Waals surface area contributed by atoms with E-state index in [2.05, 4.69) is 0 Å². The predicted molar refractivity (Wildman–Crippen MR) is 81.5 cm³/mol. The van der Waals surface area contributed by atoms with Crippen molar-refractivity contribution in [3.05, 3.63) is 28.8 Å². The van der Waals surface area contributed by atoms with Crippen LogP contribution in [0.4, 0.5) is 5.69 Å². The number of likely N-dealkylation sites (N-methyl/N-ethyl adjacent to an activating group) is 1. The fourth-order valence-electron chi connectivity index (χ4n) is 3.38. The van der Waals surface area contributed by atoms with E-state index in [1.54, 1.807) is 24.1 Å². The summed E-state index contributed by atoms with van der Waals surface area (Å²) < 4.78 is 6.22. The standard InChI is InChI=1S/C16H20ClNO3/c1-9(2)14-7-11(19)8-16(21-14)12-6-10(17)4-5-13(12)18(3)15(16)20/h4-6,9,11,14,19H,7-8H2,1-3H3/t11-,14+,16-/m0/s1. The molecule has 0 aromatic heterocycles. The van der Waals surface area contributed by atoms with Crippen molar-refractivity contribution in [1.29, 1.82) is 0 Å². The van der Waals surface area contributed by atoms with Gasteiger partial charge in [0.1, 0.15) is 0 Å². The number of nitrogens with zero attached hydrogens (tertiary/aromatic N) is 1. The molecular weight excluding hydrogens is 290 g/mol. The first-order valence-corrected chi connectivity index (χ1v) is 7.67. The van der Waals surface area contributed by atoms with Crippen molar-refractivity contribution in [2.75, 3.05) is 11.9 Å². The number of halogens is 1. The van der Waals surface area contributed by atoms with E-state index in [4.69, 9.17) is 16.3 Å². The minimum atomic E-state index is -1.10. The van der Waals surface area contributed by atoms with Gasteiger partial charge in [0.25, 0.3) is 5.91 Å². The van der Waals surface area contributed by atoms with Gasteiger partial charge in [0.15, 0.2) is 5.60 Å². The summed E-state index contributed by atoms with van der Waals surface area (Å²) in [6.07, 6.45) is 0.156. The number of amides is 1. The third kappa shape index (κ3) is 2.17. The lowest BCUT2D eigenvalue weighted by Crippen LogP contribution is -2.51. The smallest absolute Gasteiger partial charge is 0.263 e. The van der Waals surface area contributed by atoms with Gasteiger partial charge in [-0.05, 0) is 30.5 Å². The molecule has 2 aliphatic heterocycles. The molecule has 2 heterocycles. The molecule has 1 aromatic carbocycles. The maximum absolute atomic E-state index is 12.8. The van der Waals surface area contributed by atoms with Gasteiger partial charge < -0.3 is 14.7 Å². The molecule has 1 amide bonds. The predicted octanol–water partition coefficient (Wildman–Crippen LogP) is 2.71. The van der Waals surface area contributed by atoms with Crippen molar-refractivity contribution in [1.82, 2.24) is 0 Å². The van der Waals surface area contributed by atoms with Gasteiger partial charge in [0, 0.05) is 24.1 Å². The zero-order valence-corrected chi connectivity index (χ0v) is 13.2. The molecule has 0 radical (unpaired) electrons. The summed E-state index contributed by atoms with van der Waals surface area (Å²) in [6, 6.07) is 5.38. The van der Waals surface area contributed by atoms with Crippen LogP contribution in [0, 0.1) is 5.92 Å². The van der Waals surface area contributed by atoms with Crippen molar-refractivity contribution >= 4 is 23.2 Å². The van der Waals surface area contributed by atoms with Crippen LogP contribution in [0.15, 0.2) is 18.2 Å². The number of aliphatic hydroxyl groups is 1. The highest BCUT2D eigenvalue weighted by Gasteiger charge is 2.55. The van der Waals surface area contributed by atoms with Gasteiger partial charge in [-0.3, -0.25) is 4.79 Å². The zero-order chi connectivity index (χ0) is 15.4. The largest absolute Gasteiger partial charge is 0.393 e. The number of rotatable bonds is 1. The van der Waals surface area contributed by atoms with Crippen LogP contribution < -0.4 is 4.90 Å². The fourth-order valence-corrected chi connectivity index (χ4v) is 3.55. The molecule has 1 aromatic rings. The Kier molecular flexibility index (Phi) is 3.51. The molecule has 21 heavy (non-hydrogen) atoms. The highest BCUT2D eigenvalue weighted by atomic mass is 35.5. The number of carbonyl (C=O) groups is 1. The van der Waals surface area contributed by atoms with Crippen molar-refractivity contribution in [2.45, 2.75) is 44.5 Å². The van der Waals surface area contributed by atoms with Gasteiger partial charge in [-0.1, -0.05) is 25.4 Å². The monoisotopic (exact) mass is 309 g/mol. The Morgan fingerprint density at radius 3 is 2.86 bits per heavy atom. The Bertz CT molecular complexity index is 589. The zero-order valence-electron chi connectivity index (χ0n) is 12.5. The number of benzene rings is 1. The number of carbonyl (C=O) groups excluding carboxylic acids is 1. The maximum Gasteiger partial charge on any atom is 0.263 e. The third-order valence-electron chi connectivity index (χ3n) is 4.53. The minimum Gasteiger partial charge on any atom is -0.393 e. The first kappa shape index (κ1) is 14.8. The highest BCUT2D eigenvalue weighted by Crippen LogP contribution is 2.49. The number of aliphatic hydroxyl groups excluding tert-OH is 1. The van der Waals surface area contributed by atoms with E-state index >= 15 is 0 Å². The number of fused-ring (bicyclic) bond motifs is 2. The van der Waals surface area contributed by atoms with Crippen LogP contribution >= 0.6 is 11.6 Å². The Morgan fingerprint density at radius 2 is 2.19 bits per heavy atom. The highest BCUT2D eigenvalue weighted by molar-refractivity contribution is 6.31. The number of hydrogen-bond acceptors (Lipinski definition) is 3. The average molecular weight is 310 g/mol. The van der Waals surface area contributed by atoms with Gasteiger partial charge in [-0.15, -0.1) is 0 Å². The summed E-state index contributed by atoms with van der Waals surface area (Å²) in [4.78, 5) is 14.4. The molecule has 0 bridgehead atoms. The van der Waals surface area contributed by atoms with Crippen LogP contribution in [0.5, 0.6) is 0 Å². The molecule has 114 valence electrons. The van der Waals surface area contributed by atoms with Crippen LogP contribution in [-0.2, 0) is 15.1 Å². The van der Waals surface area contributed by atoms with Gasteiger partial charge in [0.05, 0.1) is 17.9 Å². The van der Waals surface area contributed by atoms with Crippen molar-refractivity contribution in [3.8, 4) is 0 Å². The second-order valence-electron chi connectivity index (χ2n) is 6.35. The molecule has 2 aliphatic rings. The summed E-state index contributed by atoms with van der Waals surface area (Å²) in [5, 5.41) is 10.8. The van der Waals surface area contributed by atoms with E-state index in [0.29, 0.717) is 11.4 Å². The molecule has 1 spiro atoms. The van der Waals surface area contributed by atoms with Crippen LogP contribution in [0.2, 0.25) is 5.02 Å². The van der Waals surface area contributed by atoms with Gasteiger partial charge in [0.2, 0.25) is 0 Å². The van der Waals surface area contributed by atoms with Gasteiger partial charge in [-0.2, -0.15) is 0 Å². The summed E-state index contributed by atoms with van der Waals surface area (Å²) in [7, 11) is 1.73. The van der Waals surface area contributed by atoms with Crippen molar-refractivity contribution < 1.29 is 14.6 Å². The molecule has 0 saturated carbocycles. The van der Waals surface area contributed by atoms with E-state index in [1.165, 1.54) is 0 Å². The second-order valence-corrected chi connectivity index (χ2v) is 6.78. The number of anilines is 1. The van der Waals surface area contributed by atoms with Crippen molar-refractivity contribution in [3.63, 3.8) is 0 Å². The van der Waals surface area contributed by atoms with Crippen LogP contribution in [-0.4, -0.2) is 30.3 Å². The lowest BCUT2D eigenvalue weighted by atomic mass is 9.82. The first-order chi connectivity index (χ1) is 9.85. The summed E-state index contributed by atoms with van der Waals surface area (Å²) in [5.41, 5.74) is 0.481. The lowest BCUT2D eigenvalue weighted by molar-refractivity contribution is -0.186. The second kappa shape index (κ2) is 4.97.